The summed E-state index contributed by atoms with van der Waals surface area (Å²) in [4.78, 5) is 0. The van der Waals surface area contributed by atoms with Crippen LogP contribution in [0.4, 0.5) is 5.69 Å². The fraction of sp³-hybridized carbons (Fsp3) is 0.200. The molecule has 0 unspecified atom stereocenters. The van der Waals surface area contributed by atoms with Gasteiger partial charge in [-0.25, -0.2) is 5.01 Å². The van der Waals surface area contributed by atoms with Gasteiger partial charge in [-0.05, 0) is 18.2 Å². The van der Waals surface area contributed by atoms with E-state index in [0.29, 0.717) is 36.1 Å². The molecule has 6 heteroatoms. The van der Waals surface area contributed by atoms with Crippen LogP contribution in [0.1, 0.15) is 0 Å². The molecule has 0 amide bonds. The molecule has 1 aromatic carbocycles. The number of benzene rings is 1. The fourth-order valence-corrected chi connectivity index (χ4v) is 2.30. The molecule has 21 heavy (non-hydrogen) atoms. The van der Waals surface area contributed by atoms with E-state index in [0.717, 1.165) is 11.3 Å². The van der Waals surface area contributed by atoms with Crippen LogP contribution in [-0.2, 0) is 4.74 Å². The van der Waals surface area contributed by atoms with Gasteiger partial charge in [0.15, 0.2) is 0 Å². The Morgan fingerprint density at radius 1 is 1.48 bits per heavy atom. The van der Waals surface area contributed by atoms with Crippen molar-refractivity contribution in [2.45, 2.75) is 0 Å². The molecule has 3 rings (SSSR count). The van der Waals surface area contributed by atoms with E-state index in [1.807, 2.05) is 30.3 Å². The summed E-state index contributed by atoms with van der Waals surface area (Å²) in [6.07, 6.45) is 1.83. The first-order valence-electron chi connectivity index (χ1n) is 6.44. The lowest BCUT2D eigenvalue weighted by atomic mass is 9.99. The predicted molar refractivity (Wildman–Crippen MR) is 78.6 cm³/mol. The first kappa shape index (κ1) is 13.2. The number of nitrogens with two attached hydrogens (primary N) is 1. The average molecular weight is 282 g/mol. The summed E-state index contributed by atoms with van der Waals surface area (Å²) >= 11 is 0. The first-order valence-corrected chi connectivity index (χ1v) is 6.44. The van der Waals surface area contributed by atoms with Crippen molar-refractivity contribution in [3.63, 3.8) is 0 Å². The highest BCUT2D eigenvalue weighted by atomic mass is 16.5. The summed E-state index contributed by atoms with van der Waals surface area (Å²) < 4.78 is 10.6. The van der Waals surface area contributed by atoms with Gasteiger partial charge in [0, 0.05) is 11.6 Å². The largest absolute Gasteiger partial charge is 0.497 e. The van der Waals surface area contributed by atoms with Crippen molar-refractivity contribution in [3.05, 3.63) is 47.3 Å². The van der Waals surface area contributed by atoms with Crippen LogP contribution in [0.3, 0.4) is 0 Å². The van der Waals surface area contributed by atoms with Gasteiger partial charge in [0.25, 0.3) is 0 Å². The number of nitriles is 1. The molecule has 0 aromatic heterocycles. The van der Waals surface area contributed by atoms with Crippen molar-refractivity contribution < 1.29 is 9.47 Å². The highest BCUT2D eigenvalue weighted by molar-refractivity contribution is 6.08. The van der Waals surface area contributed by atoms with Gasteiger partial charge in [-0.3, -0.25) is 0 Å². The van der Waals surface area contributed by atoms with E-state index in [2.05, 4.69) is 11.2 Å². The molecule has 2 aliphatic rings. The number of allylic oxidation sites excluding steroid dienone is 1. The third-order valence-electron chi connectivity index (χ3n) is 3.34. The van der Waals surface area contributed by atoms with Crippen LogP contribution >= 0.6 is 0 Å². The van der Waals surface area contributed by atoms with Crippen LogP contribution in [0, 0.1) is 11.3 Å². The molecule has 6 nitrogen and oxygen atoms in total. The summed E-state index contributed by atoms with van der Waals surface area (Å²) in [6.45, 7) is 0.830. The molecule has 0 spiro atoms. The van der Waals surface area contributed by atoms with E-state index in [1.54, 1.807) is 12.1 Å². The van der Waals surface area contributed by atoms with Gasteiger partial charge >= 0.3 is 0 Å². The number of nitrogens with zero attached hydrogens (tertiary/aromatic N) is 3. The van der Waals surface area contributed by atoms with Gasteiger partial charge in [0.2, 0.25) is 0 Å². The zero-order chi connectivity index (χ0) is 14.8. The number of fused-ring (bicyclic) bond motifs is 1. The minimum atomic E-state index is 0.308. The minimum absolute atomic E-state index is 0.308. The number of hydrogen-bond acceptors (Lipinski definition) is 6. The quantitative estimate of drug-likeness (QED) is 0.889. The van der Waals surface area contributed by atoms with Crippen molar-refractivity contribution >= 4 is 11.4 Å². The Labute approximate surface area is 122 Å². The molecule has 0 saturated carbocycles. The third kappa shape index (κ3) is 2.24. The van der Waals surface area contributed by atoms with Gasteiger partial charge in [-0.2, -0.15) is 10.4 Å². The maximum absolute atomic E-state index is 9.39. The fourth-order valence-electron chi connectivity index (χ4n) is 2.30. The Hall–Kier alpha value is -2.78. The number of hydrazone groups is 1. The Bertz CT molecular complexity index is 713. The Morgan fingerprint density at radius 3 is 3.10 bits per heavy atom. The van der Waals surface area contributed by atoms with Crippen LogP contribution < -0.4 is 15.5 Å². The molecule has 0 saturated heterocycles. The van der Waals surface area contributed by atoms with Crippen molar-refractivity contribution in [1.82, 2.24) is 0 Å². The molecule has 2 aliphatic heterocycles. The molecule has 0 bridgehead atoms. The maximum atomic E-state index is 9.39. The second kappa shape index (κ2) is 5.31. The number of ether oxygens (including phenoxy) is 2. The molecule has 2 N–H and O–H groups in total. The van der Waals surface area contributed by atoms with Crippen molar-refractivity contribution in [1.29, 1.82) is 5.26 Å². The predicted octanol–water partition coefficient (Wildman–Crippen LogP) is 1.52. The Balaban J connectivity index is 2.10. The molecule has 1 aromatic rings. The molecule has 0 radical (unpaired) electrons. The molecule has 0 fully saturated rings. The number of methoxy groups -OCH3 is 1. The van der Waals surface area contributed by atoms with E-state index in [-0.39, 0.29) is 0 Å². The summed E-state index contributed by atoms with van der Waals surface area (Å²) in [5, 5.41) is 15.4. The van der Waals surface area contributed by atoms with Gasteiger partial charge in [-0.15, -0.1) is 0 Å². The smallest absolute Gasteiger partial charge is 0.144 e. The van der Waals surface area contributed by atoms with E-state index in [1.165, 1.54) is 0 Å². The molecular weight excluding hydrogens is 268 g/mol. The second-order valence-electron chi connectivity index (χ2n) is 4.56. The topological polar surface area (TPSA) is 83.9 Å². The third-order valence-corrected chi connectivity index (χ3v) is 3.34. The Morgan fingerprint density at radius 2 is 2.33 bits per heavy atom. The van der Waals surface area contributed by atoms with Crippen molar-refractivity contribution in [2.75, 3.05) is 25.3 Å². The summed E-state index contributed by atoms with van der Waals surface area (Å²) in [7, 11) is 1.59. The molecule has 0 aliphatic carbocycles. The first-order chi connectivity index (χ1) is 10.2. The van der Waals surface area contributed by atoms with Crippen molar-refractivity contribution in [3.8, 4) is 11.8 Å². The van der Waals surface area contributed by atoms with E-state index in [9.17, 15) is 5.26 Å². The second-order valence-corrected chi connectivity index (χ2v) is 4.56. The standard InChI is InChI=1S/C15H14N4O2/c1-20-11-4-2-3-10(7-11)19-15(17)13(8-16)12-5-6-21-9-14(12)18-19/h2-5,7H,6,9,17H2,1H3. The number of rotatable bonds is 2. The summed E-state index contributed by atoms with van der Waals surface area (Å²) in [6, 6.07) is 9.50. The normalized spacial score (nSPS) is 17.6. The number of hydrogen-bond donors (Lipinski definition) is 1. The maximum Gasteiger partial charge on any atom is 0.144 e. The van der Waals surface area contributed by atoms with Gasteiger partial charge < -0.3 is 15.2 Å². The minimum Gasteiger partial charge on any atom is -0.497 e. The average Bonchev–Trinajstić information content (AvgIpc) is 2.54. The van der Waals surface area contributed by atoms with Crippen LogP contribution in [-0.4, -0.2) is 26.0 Å². The number of anilines is 1. The highest BCUT2D eigenvalue weighted by Crippen LogP contribution is 2.30. The lowest BCUT2D eigenvalue weighted by Gasteiger charge is -2.29. The van der Waals surface area contributed by atoms with Gasteiger partial charge in [-0.1, -0.05) is 6.07 Å². The van der Waals surface area contributed by atoms with Crippen molar-refractivity contribution in [2.24, 2.45) is 10.8 Å². The lowest BCUT2D eigenvalue weighted by molar-refractivity contribution is 0.199. The van der Waals surface area contributed by atoms with Crippen LogP contribution in [0.2, 0.25) is 0 Å². The summed E-state index contributed by atoms with van der Waals surface area (Å²) in [5.74, 6) is 1.00. The van der Waals surface area contributed by atoms with Crippen LogP contribution in [0.5, 0.6) is 5.75 Å². The van der Waals surface area contributed by atoms with Crippen LogP contribution in [0.25, 0.3) is 0 Å². The molecule has 106 valence electrons. The zero-order valence-electron chi connectivity index (χ0n) is 11.5. The van der Waals surface area contributed by atoms with Gasteiger partial charge in [0.05, 0.1) is 31.7 Å². The van der Waals surface area contributed by atoms with E-state index >= 15 is 0 Å². The zero-order valence-corrected chi connectivity index (χ0v) is 11.5. The van der Waals surface area contributed by atoms with E-state index in [4.69, 9.17) is 15.2 Å². The monoisotopic (exact) mass is 282 g/mol. The summed E-state index contributed by atoms with van der Waals surface area (Å²) in [5.41, 5.74) is 8.74. The van der Waals surface area contributed by atoms with Gasteiger partial charge in [0.1, 0.15) is 23.2 Å². The molecular formula is C15H14N4O2. The van der Waals surface area contributed by atoms with Crippen LogP contribution in [0.15, 0.2) is 52.4 Å². The Kier molecular flexibility index (Phi) is 3.34. The molecule has 2 heterocycles. The van der Waals surface area contributed by atoms with E-state index < -0.39 is 0 Å². The molecule has 0 atom stereocenters. The SMILES string of the molecule is COc1cccc(N2N=C3COCC=C3C(C#N)=C2N)c1. The highest BCUT2D eigenvalue weighted by Gasteiger charge is 2.28. The lowest BCUT2D eigenvalue weighted by Crippen LogP contribution is -2.34.